The van der Waals surface area contributed by atoms with Crippen molar-refractivity contribution in [3.05, 3.63) is 46.8 Å². The van der Waals surface area contributed by atoms with E-state index in [1.165, 1.54) is 5.56 Å². The van der Waals surface area contributed by atoms with Crippen molar-refractivity contribution in [3.63, 3.8) is 0 Å². The first-order chi connectivity index (χ1) is 13.2. The molecule has 0 saturated carbocycles. The summed E-state index contributed by atoms with van der Waals surface area (Å²) in [5.41, 5.74) is 4.07. The number of benzene rings is 1. The summed E-state index contributed by atoms with van der Waals surface area (Å²) in [5.74, 6) is -0.404. The van der Waals surface area contributed by atoms with Crippen LogP contribution in [-0.4, -0.2) is 39.8 Å². The molecule has 0 atom stereocenters. The van der Waals surface area contributed by atoms with Gasteiger partial charge in [-0.05, 0) is 30.0 Å². The van der Waals surface area contributed by atoms with Gasteiger partial charge < -0.3 is 15.0 Å². The summed E-state index contributed by atoms with van der Waals surface area (Å²) in [6.07, 6.45) is 0.610. The number of aromatic nitrogens is 2. The van der Waals surface area contributed by atoms with Crippen molar-refractivity contribution in [2.45, 2.75) is 46.1 Å². The Balaban J connectivity index is 1.73. The molecule has 7 heteroatoms. The van der Waals surface area contributed by atoms with Gasteiger partial charge in [0.1, 0.15) is 0 Å². The van der Waals surface area contributed by atoms with Crippen molar-refractivity contribution in [3.8, 4) is 0 Å². The number of amides is 2. The minimum atomic E-state index is -0.404. The Labute approximate surface area is 165 Å². The fraction of sp³-hybridized carbons (Fsp3) is 0.476. The van der Waals surface area contributed by atoms with Gasteiger partial charge in [-0.2, -0.15) is 5.10 Å². The van der Waals surface area contributed by atoms with Crippen LogP contribution in [0.15, 0.2) is 24.3 Å². The molecule has 0 spiro atoms. The van der Waals surface area contributed by atoms with Crippen LogP contribution in [0.5, 0.6) is 0 Å². The summed E-state index contributed by atoms with van der Waals surface area (Å²) in [5, 5.41) is 7.37. The highest BCUT2D eigenvalue weighted by Crippen LogP contribution is 2.25. The second kappa shape index (κ2) is 7.66. The summed E-state index contributed by atoms with van der Waals surface area (Å²) >= 11 is 0. The number of hydrogen-bond acceptors (Lipinski definition) is 4. The summed E-state index contributed by atoms with van der Waals surface area (Å²) in [6.45, 7) is 9.42. The first kappa shape index (κ1) is 19.9. The zero-order chi connectivity index (χ0) is 20.5. The molecule has 1 aliphatic rings. The maximum atomic E-state index is 12.7. The zero-order valence-electron chi connectivity index (χ0n) is 17.2. The lowest BCUT2D eigenvalue weighted by Gasteiger charge is -2.27. The van der Waals surface area contributed by atoms with Gasteiger partial charge in [-0.1, -0.05) is 32.9 Å². The van der Waals surface area contributed by atoms with Crippen molar-refractivity contribution in [1.29, 1.82) is 0 Å². The smallest absolute Gasteiger partial charge is 0.356 e. The maximum absolute atomic E-state index is 12.7. The lowest BCUT2D eigenvalue weighted by molar-refractivity contribution is 0.0511. The van der Waals surface area contributed by atoms with Crippen molar-refractivity contribution in [2.24, 2.45) is 7.05 Å². The average molecular weight is 384 g/mol. The predicted molar refractivity (Wildman–Crippen MR) is 107 cm³/mol. The summed E-state index contributed by atoms with van der Waals surface area (Å²) in [4.78, 5) is 26.7. The van der Waals surface area contributed by atoms with Gasteiger partial charge in [-0.25, -0.2) is 9.59 Å². The second-order valence-corrected chi connectivity index (χ2v) is 8.05. The second-order valence-electron chi connectivity index (χ2n) is 8.05. The number of ether oxygens (including phenoxy) is 1. The van der Waals surface area contributed by atoms with E-state index in [1.54, 1.807) is 23.6 Å². The molecule has 0 bridgehead atoms. The van der Waals surface area contributed by atoms with Crippen molar-refractivity contribution >= 4 is 17.7 Å². The molecule has 0 radical (unpaired) electrons. The van der Waals surface area contributed by atoms with Crippen molar-refractivity contribution in [1.82, 2.24) is 14.7 Å². The molecule has 2 amide bonds. The Bertz CT molecular complexity index is 878. The summed E-state index contributed by atoms with van der Waals surface area (Å²) < 4.78 is 6.70. The van der Waals surface area contributed by atoms with E-state index in [-0.39, 0.29) is 11.4 Å². The molecule has 0 aliphatic carbocycles. The van der Waals surface area contributed by atoms with E-state index in [2.05, 4.69) is 31.2 Å². The van der Waals surface area contributed by atoms with Gasteiger partial charge in [0.25, 0.3) is 0 Å². The minimum Gasteiger partial charge on any atom is -0.461 e. The van der Waals surface area contributed by atoms with E-state index >= 15 is 0 Å². The molecular formula is C21H28N4O3. The minimum absolute atomic E-state index is 0.0651. The number of nitrogens with zero attached hydrogens (tertiary/aromatic N) is 3. The number of anilines is 1. The lowest BCUT2D eigenvalue weighted by Crippen LogP contribution is -2.39. The molecule has 0 fully saturated rings. The Kier molecular flexibility index (Phi) is 5.45. The number of carbonyl (C=O) groups is 2. The molecule has 28 heavy (non-hydrogen) atoms. The van der Waals surface area contributed by atoms with Gasteiger partial charge in [0.05, 0.1) is 18.8 Å². The number of fused-ring (bicyclic) bond motifs is 1. The van der Waals surface area contributed by atoms with Crippen LogP contribution in [0, 0.1) is 0 Å². The standard InChI is InChI=1S/C21H28N4O3/c1-6-28-19(26)18-16-13-25(12-11-17(16)23-24(18)5)20(27)22-15-9-7-14(8-10-15)21(2,3)4/h7-10H,6,11-13H2,1-5H3,(H,22,27). The molecule has 1 N–H and O–H groups in total. The van der Waals surface area contributed by atoms with Crippen LogP contribution in [0.1, 0.15) is 55.0 Å². The number of urea groups is 1. The van der Waals surface area contributed by atoms with Crippen LogP contribution in [0.4, 0.5) is 10.5 Å². The molecule has 2 aromatic rings. The van der Waals surface area contributed by atoms with Crippen molar-refractivity contribution in [2.75, 3.05) is 18.5 Å². The van der Waals surface area contributed by atoms with Gasteiger partial charge in [-0.15, -0.1) is 0 Å². The molecule has 2 heterocycles. The summed E-state index contributed by atoms with van der Waals surface area (Å²) in [7, 11) is 1.73. The molecule has 150 valence electrons. The van der Waals surface area contributed by atoms with E-state index in [1.807, 2.05) is 24.3 Å². The predicted octanol–water partition coefficient (Wildman–Crippen LogP) is 3.48. The van der Waals surface area contributed by atoms with Crippen LogP contribution < -0.4 is 5.32 Å². The lowest BCUT2D eigenvalue weighted by atomic mass is 9.87. The normalized spacial score (nSPS) is 13.8. The number of rotatable bonds is 3. The highest BCUT2D eigenvalue weighted by atomic mass is 16.5. The van der Waals surface area contributed by atoms with Crippen LogP contribution >= 0.6 is 0 Å². The number of esters is 1. The van der Waals surface area contributed by atoms with E-state index in [4.69, 9.17) is 4.74 Å². The summed E-state index contributed by atoms with van der Waals surface area (Å²) in [6, 6.07) is 7.71. The van der Waals surface area contributed by atoms with Gasteiger partial charge in [0.15, 0.2) is 5.69 Å². The highest BCUT2D eigenvalue weighted by Gasteiger charge is 2.30. The quantitative estimate of drug-likeness (QED) is 0.822. The van der Waals surface area contributed by atoms with Gasteiger partial charge in [0.2, 0.25) is 0 Å². The third-order valence-corrected chi connectivity index (χ3v) is 4.95. The molecule has 1 aromatic heterocycles. The fourth-order valence-electron chi connectivity index (χ4n) is 3.39. The largest absolute Gasteiger partial charge is 0.461 e. The topological polar surface area (TPSA) is 76.5 Å². The van der Waals surface area contributed by atoms with E-state index in [0.717, 1.165) is 16.9 Å². The van der Waals surface area contributed by atoms with Gasteiger partial charge in [0, 0.05) is 31.3 Å². The monoisotopic (exact) mass is 384 g/mol. The first-order valence-electron chi connectivity index (χ1n) is 9.59. The number of carbonyl (C=O) groups excluding carboxylic acids is 2. The Morgan fingerprint density at radius 1 is 1.21 bits per heavy atom. The van der Waals surface area contributed by atoms with Crippen LogP contribution in [-0.2, 0) is 30.2 Å². The van der Waals surface area contributed by atoms with Crippen molar-refractivity contribution < 1.29 is 14.3 Å². The molecule has 1 aromatic carbocycles. The molecule has 3 rings (SSSR count). The maximum Gasteiger partial charge on any atom is 0.356 e. The number of hydrogen-bond donors (Lipinski definition) is 1. The first-order valence-corrected chi connectivity index (χ1v) is 9.59. The third kappa shape index (κ3) is 4.03. The Morgan fingerprint density at radius 3 is 2.50 bits per heavy atom. The van der Waals surface area contributed by atoms with Crippen LogP contribution in [0.25, 0.3) is 0 Å². The highest BCUT2D eigenvalue weighted by molar-refractivity contribution is 5.91. The number of aryl methyl sites for hydroxylation is 1. The van der Waals surface area contributed by atoms with Gasteiger partial charge in [-0.3, -0.25) is 4.68 Å². The molecule has 0 unspecified atom stereocenters. The fourth-order valence-corrected chi connectivity index (χ4v) is 3.39. The van der Waals surface area contributed by atoms with Crippen LogP contribution in [0.3, 0.4) is 0 Å². The van der Waals surface area contributed by atoms with Gasteiger partial charge >= 0.3 is 12.0 Å². The molecule has 0 saturated heterocycles. The molecule has 1 aliphatic heterocycles. The Morgan fingerprint density at radius 2 is 1.89 bits per heavy atom. The van der Waals surface area contributed by atoms with Crippen LogP contribution in [0.2, 0.25) is 0 Å². The average Bonchev–Trinajstić information content (AvgIpc) is 2.96. The zero-order valence-corrected chi connectivity index (χ0v) is 17.2. The van der Waals surface area contributed by atoms with E-state index in [0.29, 0.717) is 31.8 Å². The molecule has 7 nitrogen and oxygen atoms in total. The molecular weight excluding hydrogens is 356 g/mol. The number of nitrogens with one attached hydrogen (secondary N) is 1. The van der Waals surface area contributed by atoms with E-state index < -0.39 is 5.97 Å². The third-order valence-electron chi connectivity index (χ3n) is 4.95. The Hall–Kier alpha value is -2.83. The SMILES string of the molecule is CCOC(=O)c1c2c(nn1C)CCN(C(=O)Nc1ccc(C(C)(C)C)cc1)C2. The van der Waals surface area contributed by atoms with E-state index in [9.17, 15) is 9.59 Å².